The summed E-state index contributed by atoms with van der Waals surface area (Å²) >= 11 is 3.24. The summed E-state index contributed by atoms with van der Waals surface area (Å²) in [5, 5.41) is 9.94. The van der Waals surface area contributed by atoms with Crippen LogP contribution in [0.3, 0.4) is 0 Å². The van der Waals surface area contributed by atoms with Crippen molar-refractivity contribution in [1.82, 2.24) is 15.2 Å². The lowest BCUT2D eigenvalue weighted by Gasteiger charge is -2.08. The zero-order chi connectivity index (χ0) is 16.8. The Labute approximate surface area is 148 Å². The fraction of sp³-hybridized carbons (Fsp3) is 0.235. The van der Waals surface area contributed by atoms with Gasteiger partial charge in [-0.3, -0.25) is 9.89 Å². The van der Waals surface area contributed by atoms with E-state index in [1.165, 1.54) is 16.6 Å². The second-order valence-electron chi connectivity index (χ2n) is 5.07. The van der Waals surface area contributed by atoms with Gasteiger partial charge in [0, 0.05) is 17.1 Å². The number of aromatic nitrogens is 3. The number of rotatable bonds is 8. The Bertz CT molecular complexity index is 800. The van der Waals surface area contributed by atoms with Crippen LogP contribution in [0.25, 0.3) is 0 Å². The summed E-state index contributed by atoms with van der Waals surface area (Å²) in [5.41, 5.74) is 0.610. The third-order valence-corrected chi connectivity index (χ3v) is 4.96. The second-order valence-corrected chi connectivity index (χ2v) is 7.16. The van der Waals surface area contributed by atoms with E-state index in [4.69, 9.17) is 4.74 Å². The number of carbonyl (C=O) groups excluding carboxylic acids is 1. The minimum absolute atomic E-state index is 0.00504. The Morgan fingerprint density at radius 2 is 2.17 bits per heavy atom. The van der Waals surface area contributed by atoms with Crippen LogP contribution in [0.15, 0.2) is 46.9 Å². The van der Waals surface area contributed by atoms with Crippen molar-refractivity contribution in [3.63, 3.8) is 0 Å². The summed E-state index contributed by atoms with van der Waals surface area (Å²) in [6.07, 6.45) is 0.772. The van der Waals surface area contributed by atoms with Crippen molar-refractivity contribution < 1.29 is 9.53 Å². The molecule has 7 heteroatoms. The summed E-state index contributed by atoms with van der Waals surface area (Å²) in [6.45, 7) is 2.03. The van der Waals surface area contributed by atoms with E-state index < -0.39 is 0 Å². The normalized spacial score (nSPS) is 10.7. The van der Waals surface area contributed by atoms with Crippen molar-refractivity contribution in [1.29, 1.82) is 0 Å². The number of aromatic amines is 1. The molecular formula is C17H17N3O2S2. The van der Waals surface area contributed by atoms with Gasteiger partial charge in [0.25, 0.3) is 0 Å². The van der Waals surface area contributed by atoms with E-state index in [1.54, 1.807) is 24.3 Å². The van der Waals surface area contributed by atoms with Crippen LogP contribution < -0.4 is 4.74 Å². The minimum Gasteiger partial charge on any atom is -0.492 e. The third-order valence-electron chi connectivity index (χ3n) is 3.27. The Kier molecular flexibility index (Phi) is 5.66. The maximum absolute atomic E-state index is 11.5. The number of Topliss-reactive ketones (excluding diaryl/α,β-unsaturated/α-hetero) is 1. The largest absolute Gasteiger partial charge is 0.492 e. The zero-order valence-electron chi connectivity index (χ0n) is 13.2. The van der Waals surface area contributed by atoms with Crippen LogP contribution in [0.1, 0.15) is 28.0 Å². The summed E-state index contributed by atoms with van der Waals surface area (Å²) in [6, 6.07) is 11.4. The molecule has 3 rings (SSSR count). The topological polar surface area (TPSA) is 67.9 Å². The zero-order valence-corrected chi connectivity index (χ0v) is 14.8. The number of thioether (sulfide) groups is 1. The predicted octanol–water partition coefficient (Wildman–Crippen LogP) is 3.83. The Morgan fingerprint density at radius 3 is 2.96 bits per heavy atom. The number of hydrogen-bond donors (Lipinski definition) is 1. The number of para-hydroxylation sites is 1. The van der Waals surface area contributed by atoms with Gasteiger partial charge in [-0.05, 0) is 30.5 Å². The number of H-pyrrole nitrogens is 1. The van der Waals surface area contributed by atoms with Crippen LogP contribution in [0, 0.1) is 0 Å². The highest BCUT2D eigenvalue weighted by Crippen LogP contribution is 2.20. The monoisotopic (exact) mass is 359 g/mol. The fourth-order valence-electron chi connectivity index (χ4n) is 2.17. The van der Waals surface area contributed by atoms with Gasteiger partial charge in [0.05, 0.1) is 12.2 Å². The number of hydrogen-bond acceptors (Lipinski definition) is 6. The van der Waals surface area contributed by atoms with Crippen molar-refractivity contribution in [2.75, 3.05) is 12.4 Å². The van der Waals surface area contributed by atoms with Crippen LogP contribution in [-0.4, -0.2) is 33.3 Å². The Morgan fingerprint density at radius 1 is 1.29 bits per heavy atom. The van der Waals surface area contributed by atoms with Gasteiger partial charge in [-0.2, -0.15) is 0 Å². The average Bonchev–Trinajstić information content (AvgIpc) is 3.24. The maximum Gasteiger partial charge on any atom is 0.208 e. The molecule has 0 atom stereocenters. The molecule has 124 valence electrons. The summed E-state index contributed by atoms with van der Waals surface area (Å²) in [4.78, 5) is 17.3. The molecule has 2 heterocycles. The lowest BCUT2D eigenvalue weighted by molar-refractivity contribution is 0.101. The van der Waals surface area contributed by atoms with Crippen LogP contribution in [0.5, 0.6) is 5.75 Å². The minimum atomic E-state index is 0.00504. The fourth-order valence-corrected chi connectivity index (χ4v) is 3.51. The molecule has 0 unspecified atom stereocenters. The molecule has 3 aromatic rings. The molecule has 0 saturated carbocycles. The number of benzene rings is 1. The second kappa shape index (κ2) is 8.12. The van der Waals surface area contributed by atoms with E-state index in [9.17, 15) is 4.79 Å². The van der Waals surface area contributed by atoms with E-state index in [-0.39, 0.29) is 5.78 Å². The van der Waals surface area contributed by atoms with Crippen LogP contribution in [0.2, 0.25) is 0 Å². The quantitative estimate of drug-likeness (QED) is 0.376. The summed E-state index contributed by atoms with van der Waals surface area (Å²) in [5.74, 6) is 2.20. The van der Waals surface area contributed by atoms with E-state index >= 15 is 0 Å². The standard InChI is InChI=1S/C17H17N3O2S2/c1-12(21)14-6-2-3-7-15(14)22-8-10-24-17-18-16(19-20-17)11-13-5-4-9-23-13/h2-7,9H,8,10-11H2,1H3,(H,18,19,20). The van der Waals surface area contributed by atoms with E-state index in [2.05, 4.69) is 26.6 Å². The first-order valence-corrected chi connectivity index (χ1v) is 9.38. The van der Waals surface area contributed by atoms with Gasteiger partial charge < -0.3 is 4.74 Å². The van der Waals surface area contributed by atoms with Gasteiger partial charge in [0.2, 0.25) is 5.16 Å². The maximum atomic E-state index is 11.5. The van der Waals surface area contributed by atoms with Crippen molar-refractivity contribution >= 4 is 28.9 Å². The highest BCUT2D eigenvalue weighted by atomic mass is 32.2. The molecular weight excluding hydrogens is 342 g/mol. The molecule has 0 aliphatic heterocycles. The van der Waals surface area contributed by atoms with Crippen LogP contribution >= 0.6 is 23.1 Å². The molecule has 2 aromatic heterocycles. The molecule has 0 aliphatic rings. The lowest BCUT2D eigenvalue weighted by Crippen LogP contribution is -2.04. The van der Waals surface area contributed by atoms with Crippen LogP contribution in [0.4, 0.5) is 0 Å². The van der Waals surface area contributed by atoms with Crippen molar-refractivity contribution in [2.24, 2.45) is 0 Å². The molecule has 0 aliphatic carbocycles. The van der Waals surface area contributed by atoms with Crippen molar-refractivity contribution in [2.45, 2.75) is 18.5 Å². The number of nitrogens with zero attached hydrogens (tertiary/aromatic N) is 2. The molecule has 0 radical (unpaired) electrons. The Balaban J connectivity index is 1.47. The molecule has 24 heavy (non-hydrogen) atoms. The molecule has 5 nitrogen and oxygen atoms in total. The average molecular weight is 359 g/mol. The predicted molar refractivity (Wildman–Crippen MR) is 96.2 cm³/mol. The molecule has 0 spiro atoms. The number of ether oxygens (including phenoxy) is 1. The van der Waals surface area contributed by atoms with Gasteiger partial charge in [-0.15, -0.1) is 16.4 Å². The first kappa shape index (κ1) is 16.7. The third kappa shape index (κ3) is 4.46. The van der Waals surface area contributed by atoms with E-state index in [0.29, 0.717) is 28.8 Å². The molecule has 1 N–H and O–H groups in total. The van der Waals surface area contributed by atoms with Crippen molar-refractivity contribution in [3.05, 3.63) is 58.0 Å². The summed E-state index contributed by atoms with van der Waals surface area (Å²) < 4.78 is 5.71. The smallest absolute Gasteiger partial charge is 0.208 e. The number of carbonyl (C=O) groups is 1. The number of ketones is 1. The molecule has 0 amide bonds. The summed E-state index contributed by atoms with van der Waals surface area (Å²) in [7, 11) is 0. The Hall–Kier alpha value is -2.12. The van der Waals surface area contributed by atoms with Gasteiger partial charge in [-0.25, -0.2) is 4.98 Å². The first-order chi connectivity index (χ1) is 11.7. The molecule has 0 fully saturated rings. The van der Waals surface area contributed by atoms with Gasteiger partial charge in [0.1, 0.15) is 11.6 Å². The highest BCUT2D eigenvalue weighted by Gasteiger charge is 2.08. The lowest BCUT2D eigenvalue weighted by atomic mass is 10.1. The highest BCUT2D eigenvalue weighted by molar-refractivity contribution is 7.99. The van der Waals surface area contributed by atoms with Crippen LogP contribution in [-0.2, 0) is 6.42 Å². The first-order valence-electron chi connectivity index (χ1n) is 7.51. The van der Waals surface area contributed by atoms with Gasteiger partial charge in [0.15, 0.2) is 5.78 Å². The SMILES string of the molecule is CC(=O)c1ccccc1OCCSc1n[nH]c(Cc2cccs2)n1. The number of thiophene rings is 1. The van der Waals surface area contributed by atoms with Gasteiger partial charge >= 0.3 is 0 Å². The van der Waals surface area contributed by atoms with E-state index in [0.717, 1.165) is 12.2 Å². The molecule has 0 bridgehead atoms. The van der Waals surface area contributed by atoms with Crippen molar-refractivity contribution in [3.8, 4) is 5.75 Å². The molecule has 1 aromatic carbocycles. The van der Waals surface area contributed by atoms with E-state index in [1.807, 2.05) is 24.3 Å². The molecule has 0 saturated heterocycles. The van der Waals surface area contributed by atoms with Gasteiger partial charge in [-0.1, -0.05) is 30.0 Å². The number of nitrogens with one attached hydrogen (secondary N) is 1.